The van der Waals surface area contributed by atoms with E-state index in [4.69, 9.17) is 14.2 Å². The SMILES string of the molecule is Cc1ccccc1-c1cc2c(c(OCC3CCOC3)c1)OCCN(S(=O)(=O)c1ccc(C(F)(F)F)cc1)C2. The van der Waals surface area contributed by atoms with E-state index in [1.807, 2.05) is 43.3 Å². The molecule has 0 spiro atoms. The standard InChI is InChI=1S/C28H28F3NO5S/c1-19-4-2-3-5-25(19)21-14-22-16-32(38(33,34)24-8-6-23(7-9-24)28(29,30)31)11-13-36-27(22)26(15-21)37-18-20-10-12-35-17-20/h2-9,14-15,20H,10-13,16-18H2,1H3. The van der Waals surface area contributed by atoms with E-state index < -0.39 is 21.8 Å². The van der Waals surface area contributed by atoms with Gasteiger partial charge in [-0.3, -0.25) is 0 Å². The van der Waals surface area contributed by atoms with Crippen molar-refractivity contribution >= 4 is 10.0 Å². The lowest BCUT2D eigenvalue weighted by atomic mass is 9.98. The molecule has 1 saturated heterocycles. The molecule has 0 radical (unpaired) electrons. The summed E-state index contributed by atoms with van der Waals surface area (Å²) in [5.74, 6) is 1.27. The third-order valence-corrected chi connectivity index (χ3v) is 8.70. The van der Waals surface area contributed by atoms with Crippen LogP contribution in [0.1, 0.15) is 23.1 Å². The second-order valence-corrected chi connectivity index (χ2v) is 11.5. The Morgan fingerprint density at radius 1 is 1.05 bits per heavy atom. The molecule has 0 saturated carbocycles. The summed E-state index contributed by atoms with van der Waals surface area (Å²) in [6.45, 7) is 3.85. The number of sulfonamides is 1. The number of fused-ring (bicyclic) bond motifs is 1. The molecule has 0 aromatic heterocycles. The van der Waals surface area contributed by atoms with Crippen LogP contribution in [0.5, 0.6) is 11.5 Å². The van der Waals surface area contributed by atoms with E-state index >= 15 is 0 Å². The van der Waals surface area contributed by atoms with Gasteiger partial charge in [0.1, 0.15) is 6.61 Å². The minimum atomic E-state index is -4.55. The maximum Gasteiger partial charge on any atom is 0.416 e. The average molecular weight is 548 g/mol. The quantitative estimate of drug-likeness (QED) is 0.397. The Hall–Kier alpha value is -3.08. The van der Waals surface area contributed by atoms with Crippen molar-refractivity contribution in [3.8, 4) is 22.6 Å². The minimum Gasteiger partial charge on any atom is -0.489 e. The summed E-state index contributed by atoms with van der Waals surface area (Å²) in [7, 11) is -4.09. The van der Waals surface area contributed by atoms with Crippen LogP contribution in [0.25, 0.3) is 11.1 Å². The zero-order valence-corrected chi connectivity index (χ0v) is 21.6. The number of aryl methyl sites for hydroxylation is 1. The van der Waals surface area contributed by atoms with Gasteiger partial charge in [0.15, 0.2) is 11.5 Å². The van der Waals surface area contributed by atoms with Crippen molar-refractivity contribution in [2.45, 2.75) is 31.0 Å². The van der Waals surface area contributed by atoms with Crippen LogP contribution in [-0.2, 0) is 27.5 Å². The van der Waals surface area contributed by atoms with Crippen molar-refractivity contribution in [3.63, 3.8) is 0 Å². The van der Waals surface area contributed by atoms with Gasteiger partial charge >= 0.3 is 6.18 Å². The number of alkyl halides is 3. The van der Waals surface area contributed by atoms with Gasteiger partial charge in [-0.1, -0.05) is 24.3 Å². The molecule has 3 aromatic carbocycles. The fraction of sp³-hybridized carbons (Fsp3) is 0.357. The van der Waals surface area contributed by atoms with Gasteiger partial charge in [0.05, 0.1) is 23.7 Å². The summed E-state index contributed by atoms with van der Waals surface area (Å²) < 4.78 is 84.8. The molecule has 3 aromatic rings. The smallest absolute Gasteiger partial charge is 0.416 e. The van der Waals surface area contributed by atoms with E-state index in [1.54, 1.807) is 0 Å². The highest BCUT2D eigenvalue weighted by Crippen LogP contribution is 2.40. The molecule has 10 heteroatoms. The predicted octanol–water partition coefficient (Wildman–Crippen LogP) is 5.68. The first-order valence-corrected chi connectivity index (χ1v) is 13.8. The van der Waals surface area contributed by atoms with Gasteiger partial charge in [-0.25, -0.2) is 8.42 Å². The van der Waals surface area contributed by atoms with Crippen LogP contribution >= 0.6 is 0 Å². The molecule has 0 amide bonds. The molecule has 0 N–H and O–H groups in total. The van der Waals surface area contributed by atoms with E-state index in [0.29, 0.717) is 36.9 Å². The lowest BCUT2D eigenvalue weighted by molar-refractivity contribution is -0.137. The van der Waals surface area contributed by atoms with Gasteiger partial charge in [0.25, 0.3) is 0 Å². The normalized spacial score (nSPS) is 18.5. The topological polar surface area (TPSA) is 65.1 Å². The van der Waals surface area contributed by atoms with Crippen molar-refractivity contribution in [1.29, 1.82) is 0 Å². The first kappa shape index (κ1) is 26.5. The van der Waals surface area contributed by atoms with Crippen molar-refractivity contribution in [2.75, 3.05) is 33.0 Å². The summed E-state index contributed by atoms with van der Waals surface area (Å²) >= 11 is 0. The van der Waals surface area contributed by atoms with Crippen LogP contribution in [0.2, 0.25) is 0 Å². The Morgan fingerprint density at radius 3 is 2.50 bits per heavy atom. The maximum atomic E-state index is 13.4. The molecule has 5 rings (SSSR count). The molecule has 1 atom stereocenters. The number of hydrogen-bond donors (Lipinski definition) is 0. The van der Waals surface area contributed by atoms with E-state index in [2.05, 4.69) is 0 Å². The number of nitrogens with zero attached hydrogens (tertiary/aromatic N) is 1. The Balaban J connectivity index is 1.50. The summed E-state index contributed by atoms with van der Waals surface area (Å²) in [6, 6.07) is 15.2. The molecular formula is C28H28F3NO5S. The molecular weight excluding hydrogens is 519 g/mol. The summed E-state index contributed by atoms with van der Waals surface area (Å²) in [6.07, 6.45) is -3.65. The lowest BCUT2D eigenvalue weighted by Crippen LogP contribution is -2.32. The monoisotopic (exact) mass is 547 g/mol. The van der Waals surface area contributed by atoms with E-state index in [9.17, 15) is 21.6 Å². The van der Waals surface area contributed by atoms with E-state index in [0.717, 1.165) is 47.4 Å². The largest absolute Gasteiger partial charge is 0.489 e. The van der Waals surface area contributed by atoms with Crippen LogP contribution in [-0.4, -0.2) is 45.7 Å². The van der Waals surface area contributed by atoms with Crippen LogP contribution in [0.4, 0.5) is 13.2 Å². The first-order chi connectivity index (χ1) is 18.1. The Bertz CT molecular complexity index is 1400. The van der Waals surface area contributed by atoms with Crippen LogP contribution in [0.3, 0.4) is 0 Å². The molecule has 1 fully saturated rings. The summed E-state index contributed by atoms with van der Waals surface area (Å²) in [5, 5.41) is 0. The van der Waals surface area contributed by atoms with Crippen molar-refractivity contribution in [3.05, 3.63) is 77.4 Å². The zero-order chi connectivity index (χ0) is 26.9. The lowest BCUT2D eigenvalue weighted by Gasteiger charge is -2.21. The van der Waals surface area contributed by atoms with E-state index in [-0.39, 0.29) is 30.5 Å². The highest BCUT2D eigenvalue weighted by molar-refractivity contribution is 7.89. The van der Waals surface area contributed by atoms with Gasteiger partial charge in [-0.2, -0.15) is 17.5 Å². The molecule has 6 nitrogen and oxygen atoms in total. The second-order valence-electron chi connectivity index (χ2n) is 9.53. The van der Waals surface area contributed by atoms with Gasteiger partial charge < -0.3 is 14.2 Å². The summed E-state index contributed by atoms with van der Waals surface area (Å²) in [4.78, 5) is -0.207. The van der Waals surface area contributed by atoms with E-state index in [1.165, 1.54) is 4.31 Å². The van der Waals surface area contributed by atoms with Gasteiger partial charge in [-0.15, -0.1) is 0 Å². The zero-order valence-electron chi connectivity index (χ0n) is 20.8. The average Bonchev–Trinajstić information content (AvgIpc) is 3.31. The third kappa shape index (κ3) is 5.52. The van der Waals surface area contributed by atoms with Gasteiger partial charge in [0.2, 0.25) is 10.0 Å². The highest BCUT2D eigenvalue weighted by atomic mass is 32.2. The Kier molecular flexibility index (Phi) is 7.39. The number of ether oxygens (including phenoxy) is 3. The molecule has 0 aliphatic carbocycles. The highest BCUT2D eigenvalue weighted by Gasteiger charge is 2.33. The molecule has 2 heterocycles. The Morgan fingerprint density at radius 2 is 1.82 bits per heavy atom. The van der Waals surface area contributed by atoms with Crippen LogP contribution < -0.4 is 9.47 Å². The Labute approximate surface area is 220 Å². The van der Waals surface area contributed by atoms with Crippen LogP contribution in [0, 0.1) is 12.8 Å². The van der Waals surface area contributed by atoms with Gasteiger partial charge in [-0.05, 0) is 66.4 Å². The number of halogens is 3. The minimum absolute atomic E-state index is 0.0126. The van der Waals surface area contributed by atoms with Crippen molar-refractivity contribution in [1.82, 2.24) is 4.31 Å². The predicted molar refractivity (Wildman–Crippen MR) is 136 cm³/mol. The molecule has 2 aliphatic heterocycles. The number of hydrogen-bond acceptors (Lipinski definition) is 5. The molecule has 1 unspecified atom stereocenters. The maximum absolute atomic E-state index is 13.4. The second kappa shape index (κ2) is 10.6. The first-order valence-electron chi connectivity index (χ1n) is 12.4. The van der Waals surface area contributed by atoms with Gasteiger partial charge in [0, 0.05) is 31.2 Å². The fourth-order valence-electron chi connectivity index (χ4n) is 4.71. The van der Waals surface area contributed by atoms with Crippen molar-refractivity contribution < 1.29 is 35.8 Å². The summed E-state index contributed by atoms with van der Waals surface area (Å²) in [5.41, 5.74) is 2.60. The third-order valence-electron chi connectivity index (χ3n) is 6.84. The molecule has 38 heavy (non-hydrogen) atoms. The fourth-order valence-corrected chi connectivity index (χ4v) is 6.11. The molecule has 2 aliphatic rings. The number of rotatable bonds is 6. The molecule has 0 bridgehead atoms. The molecule has 202 valence electrons. The number of benzene rings is 3. The van der Waals surface area contributed by atoms with Crippen LogP contribution in [0.15, 0.2) is 65.6 Å². The van der Waals surface area contributed by atoms with Crippen molar-refractivity contribution in [2.24, 2.45) is 5.92 Å².